The molecule has 8 heteroatoms. The predicted molar refractivity (Wildman–Crippen MR) is 69.4 cm³/mol. The molecule has 0 fully saturated rings. The summed E-state index contributed by atoms with van der Waals surface area (Å²) in [6.07, 6.45) is 1.74. The summed E-state index contributed by atoms with van der Waals surface area (Å²) in [4.78, 5) is 15.7. The van der Waals surface area contributed by atoms with Crippen LogP contribution in [0.1, 0.15) is 15.4 Å². The average molecular weight is 269 g/mol. The summed E-state index contributed by atoms with van der Waals surface area (Å²) < 4.78 is 3.96. The van der Waals surface area contributed by atoms with Gasteiger partial charge in [0.15, 0.2) is 5.82 Å². The highest BCUT2D eigenvalue weighted by Gasteiger charge is 2.17. The summed E-state index contributed by atoms with van der Waals surface area (Å²) in [6.45, 7) is 0.559. The number of amides is 1. The van der Waals surface area contributed by atoms with Crippen molar-refractivity contribution < 1.29 is 4.79 Å². The molecule has 2 aromatic heterocycles. The van der Waals surface area contributed by atoms with Gasteiger partial charge in [0.1, 0.15) is 15.6 Å². The minimum absolute atomic E-state index is 0.238. The Hall–Kier alpha value is -1.67. The molecule has 0 bridgehead atoms. The van der Waals surface area contributed by atoms with Crippen LogP contribution in [-0.2, 0) is 6.54 Å². The lowest BCUT2D eigenvalue weighted by Crippen LogP contribution is -2.20. The van der Waals surface area contributed by atoms with Gasteiger partial charge in [-0.05, 0) is 11.5 Å². The van der Waals surface area contributed by atoms with E-state index in [4.69, 9.17) is 5.73 Å². The van der Waals surface area contributed by atoms with E-state index in [9.17, 15) is 4.79 Å². The fraction of sp³-hybridized carbons (Fsp3) is 0.222. The standard InChI is InChI=1S/C9H11N5OS2/c1-11-8(15)6-7(10)14-17-9(6)13-4-5-12-2-3-16-5/h2-3,13H,4H2,1H3,(H2,10,14)(H,11,15). The van der Waals surface area contributed by atoms with Crippen molar-refractivity contribution in [2.75, 3.05) is 18.1 Å². The molecule has 0 aliphatic rings. The van der Waals surface area contributed by atoms with E-state index in [0.717, 1.165) is 5.01 Å². The molecule has 0 aliphatic carbocycles. The van der Waals surface area contributed by atoms with Crippen LogP contribution in [0.15, 0.2) is 11.6 Å². The number of rotatable bonds is 4. The molecular weight excluding hydrogens is 258 g/mol. The number of nitrogen functional groups attached to an aromatic ring is 1. The fourth-order valence-electron chi connectivity index (χ4n) is 1.26. The van der Waals surface area contributed by atoms with Gasteiger partial charge in [0, 0.05) is 18.6 Å². The SMILES string of the molecule is CNC(=O)c1c(N)nsc1NCc1nccs1. The Kier molecular flexibility index (Phi) is 3.55. The van der Waals surface area contributed by atoms with Gasteiger partial charge < -0.3 is 16.4 Å². The zero-order valence-electron chi connectivity index (χ0n) is 9.06. The highest BCUT2D eigenvalue weighted by Crippen LogP contribution is 2.27. The molecular formula is C9H11N5OS2. The second-order valence-corrected chi connectivity index (χ2v) is 4.88. The third kappa shape index (κ3) is 2.53. The number of nitrogens with one attached hydrogen (secondary N) is 2. The van der Waals surface area contributed by atoms with Crippen molar-refractivity contribution in [1.29, 1.82) is 0 Å². The summed E-state index contributed by atoms with van der Waals surface area (Å²) in [5.74, 6) is 0.00822. The Morgan fingerprint density at radius 1 is 1.59 bits per heavy atom. The minimum atomic E-state index is -0.238. The van der Waals surface area contributed by atoms with E-state index < -0.39 is 0 Å². The molecule has 0 saturated heterocycles. The normalized spacial score (nSPS) is 10.2. The Morgan fingerprint density at radius 2 is 2.41 bits per heavy atom. The van der Waals surface area contributed by atoms with Crippen molar-refractivity contribution in [1.82, 2.24) is 14.7 Å². The van der Waals surface area contributed by atoms with E-state index in [1.165, 1.54) is 11.5 Å². The van der Waals surface area contributed by atoms with Crippen LogP contribution in [0, 0.1) is 0 Å². The summed E-state index contributed by atoms with van der Waals surface area (Å²) in [5, 5.41) is 9.16. The molecule has 90 valence electrons. The summed E-state index contributed by atoms with van der Waals surface area (Å²) in [5.41, 5.74) is 6.05. The first-order chi connectivity index (χ1) is 8.22. The third-order valence-corrected chi connectivity index (χ3v) is 3.65. The molecule has 0 saturated carbocycles. The second-order valence-electron chi connectivity index (χ2n) is 3.13. The quantitative estimate of drug-likeness (QED) is 0.774. The average Bonchev–Trinajstić information content (AvgIpc) is 2.95. The highest BCUT2D eigenvalue weighted by atomic mass is 32.1. The third-order valence-electron chi connectivity index (χ3n) is 2.06. The zero-order chi connectivity index (χ0) is 12.3. The number of hydrogen-bond acceptors (Lipinski definition) is 7. The number of nitrogens with zero attached hydrogens (tertiary/aromatic N) is 2. The van der Waals surface area contributed by atoms with Gasteiger partial charge in [-0.3, -0.25) is 4.79 Å². The lowest BCUT2D eigenvalue weighted by atomic mass is 10.3. The van der Waals surface area contributed by atoms with Gasteiger partial charge in [-0.1, -0.05) is 0 Å². The monoisotopic (exact) mass is 269 g/mol. The largest absolute Gasteiger partial charge is 0.382 e. The topological polar surface area (TPSA) is 92.9 Å². The molecule has 2 rings (SSSR count). The Balaban J connectivity index is 2.13. The first-order valence-corrected chi connectivity index (χ1v) is 6.47. The van der Waals surface area contributed by atoms with Crippen LogP contribution in [0.2, 0.25) is 0 Å². The van der Waals surface area contributed by atoms with Crippen LogP contribution in [-0.4, -0.2) is 22.3 Å². The number of carbonyl (C=O) groups excluding carboxylic acids is 1. The smallest absolute Gasteiger partial charge is 0.257 e. The van der Waals surface area contributed by atoms with Gasteiger partial charge in [0.25, 0.3) is 5.91 Å². The van der Waals surface area contributed by atoms with Crippen molar-refractivity contribution >= 4 is 39.6 Å². The highest BCUT2D eigenvalue weighted by molar-refractivity contribution is 7.11. The van der Waals surface area contributed by atoms with Gasteiger partial charge in [-0.25, -0.2) is 4.98 Å². The maximum atomic E-state index is 11.6. The fourth-order valence-corrected chi connectivity index (χ4v) is 2.53. The van der Waals surface area contributed by atoms with E-state index in [2.05, 4.69) is 20.0 Å². The maximum absolute atomic E-state index is 11.6. The van der Waals surface area contributed by atoms with Crippen LogP contribution >= 0.6 is 22.9 Å². The van der Waals surface area contributed by atoms with Crippen molar-refractivity contribution in [2.45, 2.75) is 6.54 Å². The predicted octanol–water partition coefficient (Wildman–Crippen LogP) is 1.15. The molecule has 0 atom stereocenters. The molecule has 17 heavy (non-hydrogen) atoms. The van der Waals surface area contributed by atoms with Gasteiger partial charge >= 0.3 is 0 Å². The van der Waals surface area contributed by atoms with Crippen molar-refractivity contribution in [2.24, 2.45) is 0 Å². The van der Waals surface area contributed by atoms with E-state index in [1.54, 1.807) is 24.6 Å². The molecule has 1 amide bonds. The van der Waals surface area contributed by atoms with E-state index >= 15 is 0 Å². The van der Waals surface area contributed by atoms with Gasteiger partial charge in [-0.15, -0.1) is 11.3 Å². The minimum Gasteiger partial charge on any atom is -0.382 e. The van der Waals surface area contributed by atoms with E-state index in [-0.39, 0.29) is 11.7 Å². The van der Waals surface area contributed by atoms with Crippen molar-refractivity contribution in [3.8, 4) is 0 Å². The Labute approximate surface area is 106 Å². The van der Waals surface area contributed by atoms with Crippen LogP contribution < -0.4 is 16.4 Å². The van der Waals surface area contributed by atoms with Crippen LogP contribution in [0.4, 0.5) is 10.8 Å². The summed E-state index contributed by atoms with van der Waals surface area (Å²) in [6, 6.07) is 0. The van der Waals surface area contributed by atoms with E-state index in [1.807, 2.05) is 5.38 Å². The first-order valence-electron chi connectivity index (χ1n) is 4.82. The first kappa shape index (κ1) is 11.8. The molecule has 2 aromatic rings. The number of nitrogens with two attached hydrogens (primary N) is 1. The Bertz CT molecular complexity index is 507. The van der Waals surface area contributed by atoms with Crippen molar-refractivity contribution in [3.05, 3.63) is 22.1 Å². The molecule has 2 heterocycles. The van der Waals surface area contributed by atoms with Crippen LogP contribution in [0.25, 0.3) is 0 Å². The molecule has 0 unspecified atom stereocenters. The number of aromatic nitrogens is 2. The Morgan fingerprint density at radius 3 is 3.06 bits per heavy atom. The van der Waals surface area contributed by atoms with E-state index in [0.29, 0.717) is 17.1 Å². The molecule has 0 spiro atoms. The van der Waals surface area contributed by atoms with Crippen LogP contribution in [0.5, 0.6) is 0 Å². The lowest BCUT2D eigenvalue weighted by molar-refractivity contribution is 0.0965. The molecule has 0 radical (unpaired) electrons. The second kappa shape index (κ2) is 5.11. The van der Waals surface area contributed by atoms with Crippen LogP contribution in [0.3, 0.4) is 0 Å². The van der Waals surface area contributed by atoms with Gasteiger partial charge in [0.05, 0.1) is 6.54 Å². The molecule has 0 aliphatic heterocycles. The molecule has 0 aromatic carbocycles. The van der Waals surface area contributed by atoms with Gasteiger partial charge in [-0.2, -0.15) is 4.37 Å². The lowest BCUT2D eigenvalue weighted by Gasteiger charge is -2.04. The zero-order valence-corrected chi connectivity index (χ0v) is 10.7. The number of thiazole rings is 1. The molecule has 4 N–H and O–H groups in total. The van der Waals surface area contributed by atoms with Crippen molar-refractivity contribution in [3.63, 3.8) is 0 Å². The number of hydrogen-bond donors (Lipinski definition) is 3. The number of anilines is 2. The molecule has 6 nitrogen and oxygen atoms in total. The summed E-state index contributed by atoms with van der Waals surface area (Å²) >= 11 is 2.72. The summed E-state index contributed by atoms with van der Waals surface area (Å²) in [7, 11) is 1.56. The number of carbonyl (C=O) groups is 1. The van der Waals surface area contributed by atoms with Gasteiger partial charge in [0.2, 0.25) is 0 Å². The maximum Gasteiger partial charge on any atom is 0.257 e.